The van der Waals surface area contributed by atoms with Gasteiger partial charge in [-0.15, -0.1) is 11.8 Å². The molecule has 0 fully saturated rings. The number of urea groups is 1. The quantitative estimate of drug-likeness (QED) is 0.575. The van der Waals surface area contributed by atoms with Crippen molar-refractivity contribution in [3.63, 3.8) is 0 Å². The van der Waals surface area contributed by atoms with Crippen LogP contribution < -0.4 is 10.6 Å². The lowest BCUT2D eigenvalue weighted by molar-refractivity contribution is 0.0697. The van der Waals surface area contributed by atoms with Gasteiger partial charge < -0.3 is 15.7 Å². The van der Waals surface area contributed by atoms with E-state index in [4.69, 9.17) is 5.11 Å². The van der Waals surface area contributed by atoms with Crippen molar-refractivity contribution >= 4 is 17.7 Å². The summed E-state index contributed by atoms with van der Waals surface area (Å²) in [5.41, 5.74) is -0.655. The predicted molar refractivity (Wildman–Crippen MR) is 68.4 cm³/mol. The normalized spacial score (nSPS) is 9.16. The van der Waals surface area contributed by atoms with Crippen molar-refractivity contribution in [3.8, 4) is 11.8 Å². The highest BCUT2D eigenvalue weighted by molar-refractivity contribution is 6.00. The molecule has 0 aliphatic heterocycles. The Balaban J connectivity index is 2.72. The van der Waals surface area contributed by atoms with E-state index in [1.165, 1.54) is 12.1 Å². The lowest BCUT2D eigenvalue weighted by Crippen LogP contribution is -2.30. The molecule has 0 aromatic heterocycles. The topological polar surface area (TPSA) is 78.4 Å². The van der Waals surface area contributed by atoms with Gasteiger partial charge in [-0.2, -0.15) is 0 Å². The fraction of sp³-hybridized carbons (Fsp3) is 0.231. The SMILES string of the molecule is CC#CCCNC(=O)Nc1c(F)cccc1C(=O)O. The molecule has 0 heterocycles. The lowest BCUT2D eigenvalue weighted by Gasteiger charge is -2.10. The summed E-state index contributed by atoms with van der Waals surface area (Å²) in [6.45, 7) is 1.97. The highest BCUT2D eigenvalue weighted by atomic mass is 19.1. The number of aromatic carboxylic acids is 1. The van der Waals surface area contributed by atoms with Crippen molar-refractivity contribution in [1.82, 2.24) is 5.32 Å². The molecule has 100 valence electrons. The second-order valence-corrected chi connectivity index (χ2v) is 3.53. The minimum Gasteiger partial charge on any atom is -0.478 e. The van der Waals surface area contributed by atoms with Gasteiger partial charge in [-0.25, -0.2) is 14.0 Å². The minimum absolute atomic E-state index is 0.295. The van der Waals surface area contributed by atoms with E-state index in [2.05, 4.69) is 22.5 Å². The van der Waals surface area contributed by atoms with Crippen molar-refractivity contribution in [2.45, 2.75) is 13.3 Å². The Morgan fingerprint density at radius 3 is 2.79 bits per heavy atom. The number of hydrogen-bond acceptors (Lipinski definition) is 2. The number of carbonyl (C=O) groups is 2. The second kappa shape index (κ2) is 7.01. The zero-order valence-electron chi connectivity index (χ0n) is 10.3. The van der Waals surface area contributed by atoms with Crippen LogP contribution in [0.3, 0.4) is 0 Å². The van der Waals surface area contributed by atoms with Gasteiger partial charge >= 0.3 is 12.0 Å². The van der Waals surface area contributed by atoms with Crippen LogP contribution in [-0.4, -0.2) is 23.7 Å². The number of para-hydroxylation sites is 1. The average molecular weight is 264 g/mol. The van der Waals surface area contributed by atoms with Crippen molar-refractivity contribution in [2.24, 2.45) is 0 Å². The van der Waals surface area contributed by atoms with Gasteiger partial charge in [0.2, 0.25) is 0 Å². The summed E-state index contributed by atoms with van der Waals surface area (Å²) in [7, 11) is 0. The molecule has 0 atom stereocenters. The fourth-order valence-electron chi connectivity index (χ4n) is 1.35. The summed E-state index contributed by atoms with van der Waals surface area (Å²) in [5, 5.41) is 13.5. The third-order valence-corrected chi connectivity index (χ3v) is 2.19. The average Bonchev–Trinajstić information content (AvgIpc) is 2.37. The molecule has 1 rings (SSSR count). The number of anilines is 1. The third kappa shape index (κ3) is 4.32. The highest BCUT2D eigenvalue weighted by Crippen LogP contribution is 2.19. The van der Waals surface area contributed by atoms with Crippen LogP contribution in [0.2, 0.25) is 0 Å². The van der Waals surface area contributed by atoms with Gasteiger partial charge in [0.05, 0.1) is 11.3 Å². The number of benzene rings is 1. The summed E-state index contributed by atoms with van der Waals surface area (Å²) in [6, 6.07) is 2.87. The molecule has 0 spiro atoms. The Morgan fingerprint density at radius 1 is 1.42 bits per heavy atom. The zero-order chi connectivity index (χ0) is 14.3. The zero-order valence-corrected chi connectivity index (χ0v) is 10.3. The first-order valence-electron chi connectivity index (χ1n) is 5.52. The maximum Gasteiger partial charge on any atom is 0.337 e. The van der Waals surface area contributed by atoms with E-state index in [1.54, 1.807) is 6.92 Å². The first kappa shape index (κ1) is 14.5. The number of amides is 2. The predicted octanol–water partition coefficient (Wildman–Crippen LogP) is 2.06. The maximum absolute atomic E-state index is 13.5. The molecule has 0 aliphatic rings. The summed E-state index contributed by atoms with van der Waals surface area (Å²) in [6.07, 6.45) is 0.465. The summed E-state index contributed by atoms with van der Waals surface area (Å²) >= 11 is 0. The molecule has 0 saturated heterocycles. The van der Waals surface area contributed by atoms with Gasteiger partial charge in [-0.3, -0.25) is 0 Å². The van der Waals surface area contributed by atoms with Crippen LogP contribution in [0.15, 0.2) is 18.2 Å². The summed E-state index contributed by atoms with van der Waals surface area (Å²) in [5.74, 6) is 3.30. The molecule has 19 heavy (non-hydrogen) atoms. The number of nitrogens with one attached hydrogen (secondary N) is 2. The Bertz CT molecular complexity index is 547. The van der Waals surface area contributed by atoms with Crippen LogP contribution in [0.4, 0.5) is 14.9 Å². The van der Waals surface area contributed by atoms with Crippen LogP contribution in [0, 0.1) is 17.7 Å². The van der Waals surface area contributed by atoms with Crippen LogP contribution in [0.25, 0.3) is 0 Å². The van der Waals surface area contributed by atoms with Crippen molar-refractivity contribution < 1.29 is 19.1 Å². The molecule has 6 heteroatoms. The van der Waals surface area contributed by atoms with E-state index < -0.39 is 17.8 Å². The van der Waals surface area contributed by atoms with E-state index in [0.717, 1.165) is 6.07 Å². The highest BCUT2D eigenvalue weighted by Gasteiger charge is 2.15. The number of carboxylic acids is 1. The number of carbonyl (C=O) groups excluding carboxylic acids is 1. The third-order valence-electron chi connectivity index (χ3n) is 2.19. The molecule has 0 radical (unpaired) electrons. The van der Waals surface area contributed by atoms with Gasteiger partial charge in [0.25, 0.3) is 0 Å². The van der Waals surface area contributed by atoms with Crippen molar-refractivity contribution in [1.29, 1.82) is 0 Å². The van der Waals surface area contributed by atoms with E-state index >= 15 is 0 Å². The number of hydrogen-bond donors (Lipinski definition) is 3. The molecule has 0 saturated carbocycles. The minimum atomic E-state index is -1.31. The lowest BCUT2D eigenvalue weighted by atomic mass is 10.1. The van der Waals surface area contributed by atoms with Crippen LogP contribution in [0.5, 0.6) is 0 Å². The molecule has 2 amide bonds. The first-order chi connectivity index (χ1) is 9.06. The summed E-state index contributed by atoms with van der Waals surface area (Å²) < 4.78 is 13.5. The maximum atomic E-state index is 13.5. The Labute approximate surface area is 109 Å². The largest absolute Gasteiger partial charge is 0.478 e. The smallest absolute Gasteiger partial charge is 0.337 e. The van der Waals surface area contributed by atoms with Gasteiger partial charge in [-0.05, 0) is 19.1 Å². The number of carboxylic acid groups (broad SMARTS) is 1. The Kier molecular flexibility index (Phi) is 5.35. The monoisotopic (exact) mass is 264 g/mol. The molecular formula is C13H13FN2O3. The van der Waals surface area contributed by atoms with Gasteiger partial charge in [0, 0.05) is 13.0 Å². The van der Waals surface area contributed by atoms with E-state index in [9.17, 15) is 14.0 Å². The number of halogens is 1. The molecule has 1 aromatic carbocycles. The molecule has 0 bridgehead atoms. The number of rotatable bonds is 4. The Hall–Kier alpha value is -2.55. The molecular weight excluding hydrogens is 251 g/mol. The van der Waals surface area contributed by atoms with Gasteiger partial charge in [-0.1, -0.05) is 6.07 Å². The van der Waals surface area contributed by atoms with Crippen LogP contribution >= 0.6 is 0 Å². The van der Waals surface area contributed by atoms with Crippen LogP contribution in [-0.2, 0) is 0 Å². The van der Waals surface area contributed by atoms with E-state index in [1.807, 2.05) is 0 Å². The standard InChI is InChI=1S/C13H13FN2O3/c1-2-3-4-8-15-13(19)16-11-9(12(17)18)6-5-7-10(11)14/h5-7H,4,8H2,1H3,(H,17,18)(H2,15,16,19). The van der Waals surface area contributed by atoms with Crippen molar-refractivity contribution in [3.05, 3.63) is 29.6 Å². The second-order valence-electron chi connectivity index (χ2n) is 3.53. The Morgan fingerprint density at radius 2 is 2.16 bits per heavy atom. The molecule has 1 aromatic rings. The van der Waals surface area contributed by atoms with E-state index in [-0.39, 0.29) is 11.3 Å². The first-order valence-corrected chi connectivity index (χ1v) is 5.52. The molecule has 5 nitrogen and oxygen atoms in total. The van der Waals surface area contributed by atoms with Gasteiger partial charge in [0.1, 0.15) is 5.82 Å². The molecule has 0 unspecified atom stereocenters. The molecule has 0 aliphatic carbocycles. The van der Waals surface area contributed by atoms with Gasteiger partial charge in [0.15, 0.2) is 0 Å². The summed E-state index contributed by atoms with van der Waals surface area (Å²) in [4.78, 5) is 22.4. The van der Waals surface area contributed by atoms with Crippen LogP contribution in [0.1, 0.15) is 23.7 Å². The molecule has 3 N–H and O–H groups in total. The van der Waals surface area contributed by atoms with E-state index in [0.29, 0.717) is 13.0 Å². The fourth-order valence-corrected chi connectivity index (χ4v) is 1.35. The van der Waals surface area contributed by atoms with Crippen molar-refractivity contribution in [2.75, 3.05) is 11.9 Å².